The lowest BCUT2D eigenvalue weighted by Crippen LogP contribution is -2.51. The third-order valence-corrected chi connectivity index (χ3v) is 4.13. The number of rotatable bonds is 2. The highest BCUT2D eigenvalue weighted by atomic mass is 16.3. The molecule has 0 spiro atoms. The smallest absolute Gasteiger partial charge is 0.239 e. The molecule has 17 heavy (non-hydrogen) atoms. The first-order chi connectivity index (χ1) is 8.22. The van der Waals surface area contributed by atoms with Crippen LogP contribution in [-0.4, -0.2) is 47.2 Å². The molecular formula is C13H24N2O2. The van der Waals surface area contributed by atoms with Gasteiger partial charge in [0.1, 0.15) is 6.04 Å². The summed E-state index contributed by atoms with van der Waals surface area (Å²) < 4.78 is 0. The maximum atomic E-state index is 12.0. The van der Waals surface area contributed by atoms with E-state index >= 15 is 0 Å². The molecule has 2 N–H and O–H groups in total. The van der Waals surface area contributed by atoms with E-state index in [1.165, 1.54) is 32.1 Å². The van der Waals surface area contributed by atoms with E-state index in [1.807, 2.05) is 6.92 Å². The van der Waals surface area contributed by atoms with Crippen molar-refractivity contribution in [2.45, 2.75) is 63.6 Å². The number of nitrogens with zero attached hydrogens (tertiary/aromatic N) is 1. The predicted octanol–water partition coefficient (Wildman–Crippen LogP) is 0.890. The highest BCUT2D eigenvalue weighted by Gasteiger charge is 2.34. The van der Waals surface area contributed by atoms with Crippen LogP contribution in [0.15, 0.2) is 0 Å². The minimum absolute atomic E-state index is 0.00285. The maximum Gasteiger partial charge on any atom is 0.239 e. The molecule has 4 heteroatoms. The Bertz CT molecular complexity index is 264. The van der Waals surface area contributed by atoms with Crippen LogP contribution in [0.2, 0.25) is 0 Å². The number of hydrogen-bond acceptors (Lipinski definition) is 3. The third kappa shape index (κ3) is 2.99. The Morgan fingerprint density at radius 1 is 1.29 bits per heavy atom. The summed E-state index contributed by atoms with van der Waals surface area (Å²) in [5.74, 6) is 0.00285. The van der Waals surface area contributed by atoms with Crippen LogP contribution in [0.5, 0.6) is 0 Å². The Labute approximate surface area is 103 Å². The summed E-state index contributed by atoms with van der Waals surface area (Å²) in [6.07, 6.45) is 7.18. The van der Waals surface area contributed by atoms with E-state index in [9.17, 15) is 9.90 Å². The second kappa shape index (κ2) is 5.83. The first kappa shape index (κ1) is 12.8. The zero-order chi connectivity index (χ0) is 12.3. The highest BCUT2D eigenvalue weighted by Crippen LogP contribution is 2.25. The van der Waals surface area contributed by atoms with Crippen molar-refractivity contribution in [1.82, 2.24) is 10.2 Å². The number of carbonyl (C=O) groups is 1. The lowest BCUT2D eigenvalue weighted by atomic mass is 9.93. The molecule has 4 nitrogen and oxygen atoms in total. The minimum atomic E-state index is -0.331. The first-order valence-electron chi connectivity index (χ1n) is 6.89. The summed E-state index contributed by atoms with van der Waals surface area (Å²) in [6, 6.07) is 0.394. The monoisotopic (exact) mass is 240 g/mol. The van der Waals surface area contributed by atoms with Crippen LogP contribution in [0.1, 0.15) is 45.4 Å². The van der Waals surface area contributed by atoms with Gasteiger partial charge in [-0.15, -0.1) is 0 Å². The number of aliphatic hydroxyl groups excluding tert-OH is 1. The molecule has 2 aliphatic rings. The molecular weight excluding hydrogens is 216 g/mol. The summed E-state index contributed by atoms with van der Waals surface area (Å²) >= 11 is 0. The Kier molecular flexibility index (Phi) is 4.40. The van der Waals surface area contributed by atoms with Gasteiger partial charge in [-0.05, 0) is 26.2 Å². The average Bonchev–Trinajstić information content (AvgIpc) is 2.48. The van der Waals surface area contributed by atoms with Gasteiger partial charge in [0.05, 0.1) is 6.61 Å². The fourth-order valence-corrected chi connectivity index (χ4v) is 3.10. The van der Waals surface area contributed by atoms with Gasteiger partial charge in [-0.3, -0.25) is 9.69 Å². The number of nitrogens with one attached hydrogen (secondary N) is 1. The van der Waals surface area contributed by atoms with Crippen molar-refractivity contribution in [3.8, 4) is 0 Å². The van der Waals surface area contributed by atoms with E-state index in [1.54, 1.807) is 0 Å². The van der Waals surface area contributed by atoms with Crippen LogP contribution in [0.25, 0.3) is 0 Å². The van der Waals surface area contributed by atoms with Crippen molar-refractivity contribution in [3.63, 3.8) is 0 Å². The van der Waals surface area contributed by atoms with Gasteiger partial charge < -0.3 is 10.4 Å². The van der Waals surface area contributed by atoms with Crippen LogP contribution < -0.4 is 5.32 Å². The SMILES string of the molecule is CC1CCN(C2CCCCC2)C(CO)C(=O)N1. The van der Waals surface area contributed by atoms with Crippen LogP contribution in [0.4, 0.5) is 0 Å². The molecule has 2 fully saturated rings. The average molecular weight is 240 g/mol. The van der Waals surface area contributed by atoms with Crippen LogP contribution >= 0.6 is 0 Å². The highest BCUT2D eigenvalue weighted by molar-refractivity contribution is 5.82. The van der Waals surface area contributed by atoms with Gasteiger partial charge in [-0.2, -0.15) is 0 Å². The van der Waals surface area contributed by atoms with E-state index in [0.717, 1.165) is 13.0 Å². The maximum absolute atomic E-state index is 12.0. The molecule has 1 saturated heterocycles. The van der Waals surface area contributed by atoms with Gasteiger partial charge in [0.25, 0.3) is 0 Å². The molecule has 1 saturated carbocycles. The van der Waals surface area contributed by atoms with Gasteiger partial charge in [0.2, 0.25) is 5.91 Å². The molecule has 0 aromatic carbocycles. The molecule has 0 aromatic rings. The first-order valence-corrected chi connectivity index (χ1v) is 6.89. The standard InChI is InChI=1S/C13H24N2O2/c1-10-7-8-15(11-5-3-2-4-6-11)12(9-16)13(17)14-10/h10-12,16H,2-9H2,1H3,(H,14,17). The van der Waals surface area contributed by atoms with Crippen LogP contribution in [0.3, 0.4) is 0 Å². The topological polar surface area (TPSA) is 52.6 Å². The predicted molar refractivity (Wildman–Crippen MR) is 66.7 cm³/mol. The second-order valence-corrected chi connectivity index (χ2v) is 5.43. The van der Waals surface area contributed by atoms with Crippen molar-refractivity contribution >= 4 is 5.91 Å². The molecule has 0 aromatic heterocycles. The molecule has 0 bridgehead atoms. The van der Waals surface area contributed by atoms with Crippen molar-refractivity contribution in [3.05, 3.63) is 0 Å². The lowest BCUT2D eigenvalue weighted by molar-refractivity contribution is -0.128. The Morgan fingerprint density at radius 2 is 2.00 bits per heavy atom. The molecule has 2 unspecified atom stereocenters. The minimum Gasteiger partial charge on any atom is -0.394 e. The van der Waals surface area contributed by atoms with Crippen molar-refractivity contribution in [1.29, 1.82) is 0 Å². The summed E-state index contributed by atoms with van der Waals surface area (Å²) in [5, 5.41) is 12.4. The molecule has 1 amide bonds. The van der Waals surface area contributed by atoms with Gasteiger partial charge in [0, 0.05) is 18.6 Å². The number of amides is 1. The van der Waals surface area contributed by atoms with E-state index < -0.39 is 0 Å². The molecule has 1 aliphatic carbocycles. The summed E-state index contributed by atoms with van der Waals surface area (Å²) in [6.45, 7) is 2.90. The zero-order valence-corrected chi connectivity index (χ0v) is 10.7. The van der Waals surface area contributed by atoms with Crippen molar-refractivity contribution in [2.75, 3.05) is 13.2 Å². The van der Waals surface area contributed by atoms with Gasteiger partial charge in [-0.1, -0.05) is 19.3 Å². The lowest BCUT2D eigenvalue weighted by Gasteiger charge is -2.37. The molecule has 0 radical (unpaired) electrons. The fourth-order valence-electron chi connectivity index (χ4n) is 3.10. The second-order valence-electron chi connectivity index (χ2n) is 5.43. The van der Waals surface area contributed by atoms with Crippen LogP contribution in [-0.2, 0) is 4.79 Å². The molecule has 98 valence electrons. The number of hydrogen-bond donors (Lipinski definition) is 2. The normalized spacial score (nSPS) is 33.2. The van der Waals surface area contributed by atoms with E-state index in [2.05, 4.69) is 10.2 Å². The summed E-state index contributed by atoms with van der Waals surface area (Å²) in [4.78, 5) is 14.2. The Morgan fingerprint density at radius 3 is 2.65 bits per heavy atom. The molecule has 1 aliphatic heterocycles. The van der Waals surface area contributed by atoms with Gasteiger partial charge in [0.15, 0.2) is 0 Å². The number of aliphatic hydroxyl groups is 1. The quantitative estimate of drug-likeness (QED) is 0.753. The Hall–Kier alpha value is -0.610. The third-order valence-electron chi connectivity index (χ3n) is 4.13. The summed E-state index contributed by atoms with van der Waals surface area (Å²) in [5.41, 5.74) is 0. The molecule has 2 rings (SSSR count). The van der Waals surface area contributed by atoms with E-state index in [4.69, 9.17) is 0 Å². The van der Waals surface area contributed by atoms with Crippen LogP contribution in [0, 0.1) is 0 Å². The summed E-state index contributed by atoms with van der Waals surface area (Å²) in [7, 11) is 0. The molecule has 1 heterocycles. The molecule has 2 atom stereocenters. The largest absolute Gasteiger partial charge is 0.394 e. The number of carbonyl (C=O) groups excluding carboxylic acids is 1. The van der Waals surface area contributed by atoms with Gasteiger partial charge >= 0.3 is 0 Å². The van der Waals surface area contributed by atoms with E-state index in [-0.39, 0.29) is 24.6 Å². The van der Waals surface area contributed by atoms with Crippen molar-refractivity contribution < 1.29 is 9.90 Å². The van der Waals surface area contributed by atoms with Gasteiger partial charge in [-0.25, -0.2) is 0 Å². The fraction of sp³-hybridized carbons (Fsp3) is 0.923. The van der Waals surface area contributed by atoms with Crippen molar-refractivity contribution in [2.24, 2.45) is 0 Å². The zero-order valence-electron chi connectivity index (χ0n) is 10.7. The Balaban J connectivity index is 2.08. The van der Waals surface area contributed by atoms with E-state index in [0.29, 0.717) is 6.04 Å².